The van der Waals surface area contributed by atoms with Crippen LogP contribution in [0.3, 0.4) is 0 Å². The Hall–Kier alpha value is -14.0. The average molecular weight is 1940 g/mol. The molecule has 6 aromatic carbocycles. The van der Waals surface area contributed by atoms with Crippen LogP contribution >= 0.6 is 11.3 Å². The molecule has 0 saturated carbocycles. The zero-order valence-corrected chi connectivity index (χ0v) is 83.7. The fraction of sp³-hybridized carbons (Fsp3) is 0.387. The Morgan fingerprint density at radius 2 is 0.718 bits per heavy atom. The summed E-state index contributed by atoms with van der Waals surface area (Å²) >= 11 is 1.49. The van der Waals surface area contributed by atoms with Crippen LogP contribution in [-0.2, 0) is 26.2 Å². The molecule has 12 aromatic rings. The quantitative estimate of drug-likeness (QED) is 0.0550. The Bertz CT molecular complexity index is 6590. The lowest BCUT2D eigenvalue weighted by atomic mass is 9.81. The van der Waals surface area contributed by atoms with Crippen LogP contribution in [0.5, 0.6) is 23.0 Å². The molecule has 0 aliphatic carbocycles. The number of benzene rings is 6. The number of likely N-dealkylation sites (tertiary alicyclic amines) is 4. The molecule has 0 atom stereocenters. The molecule has 4 N–H and O–H groups in total. The molecule has 14 heterocycles. The fourth-order valence-corrected chi connectivity index (χ4v) is 20.3. The fourth-order valence-electron chi connectivity index (χ4n) is 19.8. The summed E-state index contributed by atoms with van der Waals surface area (Å²) in [5.74, 6) is 3.45. The molecule has 0 bridgehead atoms. The van der Waals surface area contributed by atoms with Crippen molar-refractivity contribution in [3.63, 3.8) is 0 Å². The van der Waals surface area contributed by atoms with E-state index >= 15 is 0 Å². The normalized spacial score (nSPS) is 17.2. The van der Waals surface area contributed by atoms with Crippen molar-refractivity contribution in [2.75, 3.05) is 66.5 Å². The number of aromatic nitrogens is 6. The zero-order valence-electron chi connectivity index (χ0n) is 82.9. The zero-order chi connectivity index (χ0) is 99.9. The van der Waals surface area contributed by atoms with E-state index in [2.05, 4.69) is 127 Å². The molecule has 6 amide bonds. The molecule has 142 heavy (non-hydrogen) atoms. The van der Waals surface area contributed by atoms with Crippen molar-refractivity contribution >= 4 is 58.3 Å². The number of fused-ring (bicyclic) bond motifs is 4. The predicted molar refractivity (Wildman–Crippen MR) is 541 cm³/mol. The van der Waals surface area contributed by atoms with Gasteiger partial charge in [0.1, 0.15) is 57.1 Å². The van der Waals surface area contributed by atoms with Crippen LogP contribution in [0.25, 0.3) is 44.8 Å². The topological polar surface area (TPSA) is 345 Å². The van der Waals surface area contributed by atoms with Crippen molar-refractivity contribution < 1.29 is 66.3 Å². The van der Waals surface area contributed by atoms with E-state index in [4.69, 9.17) is 28.0 Å². The summed E-state index contributed by atoms with van der Waals surface area (Å²) in [5.41, 5.74) is 14.3. The van der Waals surface area contributed by atoms with Gasteiger partial charge in [-0.05, 0) is 219 Å². The summed E-state index contributed by atoms with van der Waals surface area (Å²) in [5, 5.41) is 19.2. The van der Waals surface area contributed by atoms with E-state index < -0.39 is 11.4 Å². The van der Waals surface area contributed by atoms with Gasteiger partial charge in [-0.15, -0.1) is 11.3 Å². The smallest absolute Gasteiger partial charge is 0.260 e. The number of Topliss-reactive ketones (excluding diaryl/α,β-unsaturated/α-hetero) is 2. The van der Waals surface area contributed by atoms with E-state index in [1.807, 2.05) is 143 Å². The molecule has 20 rings (SSSR count). The van der Waals surface area contributed by atoms with Gasteiger partial charge >= 0.3 is 0 Å². The lowest BCUT2D eigenvalue weighted by Gasteiger charge is -2.50. The number of ketones is 2. The SMILES string of the molecule is CC(C)N1CCC2(CC1)Oc1ccc(-c3ccc(C(=O)NCc4cncs4)cn3)cc1C(=O)N2C.Cc1cc(CNC(=O)c2ccc(-c3ccc4c(c3)C(=O)CC3(CCN(C(C)C)CC3)O4)cc2)no1.Cc1cc(CNC(=O)c2ccc(-c3ccc4c(c3)C(=O)N(C)C3(CCN(C(C)C)CC3)O4)nc2)no1.Cc1cncc(CNC(=O)c2ccc(-c3ccc4c(c3)C(=O)CC3(CCN(C(C)C)CC3)O4)cc2)c1. The van der Waals surface area contributed by atoms with Crippen molar-refractivity contribution in [3.8, 4) is 67.8 Å². The first kappa shape index (κ1) is 99.6. The number of hydrogen-bond acceptors (Lipinski definition) is 25. The highest BCUT2D eigenvalue weighted by Gasteiger charge is 2.51. The molecule has 4 saturated heterocycles. The van der Waals surface area contributed by atoms with Crippen LogP contribution in [-0.4, -0.2) is 220 Å². The number of carbonyl (C=O) groups excluding carboxylic acids is 8. The van der Waals surface area contributed by atoms with Crippen molar-refractivity contribution in [1.29, 1.82) is 0 Å². The second-order valence-corrected chi connectivity index (χ2v) is 40.4. The van der Waals surface area contributed by atoms with E-state index in [-0.39, 0.29) is 64.8 Å². The van der Waals surface area contributed by atoms with E-state index in [0.717, 1.165) is 153 Å². The van der Waals surface area contributed by atoms with Crippen LogP contribution < -0.4 is 40.2 Å². The van der Waals surface area contributed by atoms with Gasteiger partial charge in [-0.3, -0.25) is 58.3 Å². The number of carbonyl (C=O) groups is 8. The standard InChI is InChI=1S/C30H33N3O3.C28H31N3O4.C27H31N5O4.C26H29N5O3S/c1-20(2)33-12-10-30(11-13-33)16-27(34)26-15-25(8-9-28(26)36-30)23-4-6-24(7-5-23)29(35)32-19-22-14-21(3)17-31-18-22;1-18(2)31-12-10-28(11-13-31)16-25(32)24-15-22(8-9-26(24)34-28)20-4-6-21(7-5-20)27(33)29-17-23-14-19(3)35-30-23;1-17(2)32-11-9-27(10-12-32)31(4)26(34)22-14-19(6-8-24(22)35-27)23-7-5-20(15-28-23)25(33)29-16-21-13-18(3)36-30-21;1-17(2)31-10-8-26(9-11-31)30(3)25(33)21-12-18(5-7-23(21)34-26)22-6-4-19(13-28-22)24(32)29-15-20-14-27-16-35-20/h4-9,14-15,17-18,20H,10-13,16,19H2,1-3H3,(H,32,35);4-9,14-15,18H,10-13,16-17H2,1-3H3,(H,29,33);5-8,13-15,17H,9-12,16H2,1-4H3,(H,29,33);4-7,12-14,16-17H,8-11,15H2,1-3H3,(H,29,32). The van der Waals surface area contributed by atoms with Crippen molar-refractivity contribution in [2.24, 2.45) is 0 Å². The Morgan fingerprint density at radius 1 is 0.366 bits per heavy atom. The maximum absolute atomic E-state index is 13.4. The number of pyridine rings is 3. The highest BCUT2D eigenvalue weighted by Crippen LogP contribution is 2.47. The monoisotopic (exact) mass is 1940 g/mol. The lowest BCUT2D eigenvalue weighted by molar-refractivity contribution is -0.104. The number of thiazole rings is 1. The van der Waals surface area contributed by atoms with Crippen LogP contribution in [0, 0.1) is 20.8 Å². The number of nitrogens with zero attached hydrogens (tertiary/aromatic N) is 12. The van der Waals surface area contributed by atoms with Gasteiger partial charge in [-0.2, -0.15) is 0 Å². The van der Waals surface area contributed by atoms with E-state index in [1.54, 1.807) is 95.6 Å². The highest BCUT2D eigenvalue weighted by molar-refractivity contribution is 7.09. The molecule has 6 aromatic heterocycles. The van der Waals surface area contributed by atoms with Gasteiger partial charge in [0.2, 0.25) is 0 Å². The first-order valence-corrected chi connectivity index (χ1v) is 49.9. The number of piperidine rings is 4. The summed E-state index contributed by atoms with van der Waals surface area (Å²) in [6, 6.07) is 52.3. The first-order valence-electron chi connectivity index (χ1n) is 49.1. The Morgan fingerprint density at radius 3 is 1.08 bits per heavy atom. The largest absolute Gasteiger partial charge is 0.486 e. The van der Waals surface area contributed by atoms with Gasteiger partial charge in [0.15, 0.2) is 23.0 Å². The summed E-state index contributed by atoms with van der Waals surface area (Å²) in [7, 11) is 3.66. The molecule has 8 aliphatic heterocycles. The van der Waals surface area contributed by atoms with Crippen LogP contribution in [0.15, 0.2) is 209 Å². The minimum atomic E-state index is -0.602. The second kappa shape index (κ2) is 42.8. The molecular weight excluding hydrogens is 1810 g/mol. The highest BCUT2D eigenvalue weighted by atomic mass is 32.1. The molecule has 4 spiro atoms. The van der Waals surface area contributed by atoms with Gasteiger partial charge in [0, 0.05) is 219 Å². The lowest BCUT2D eigenvalue weighted by Crippen LogP contribution is -2.62. The average Bonchev–Trinajstić information content (AvgIpc) is 1.17. The number of aryl methyl sites for hydroxylation is 3. The molecule has 30 nitrogen and oxygen atoms in total. The molecule has 0 unspecified atom stereocenters. The number of rotatable bonds is 20. The second-order valence-electron chi connectivity index (χ2n) is 39.4. The maximum atomic E-state index is 13.4. The van der Waals surface area contributed by atoms with Gasteiger partial charge in [0.05, 0.1) is 82.8 Å². The Kier molecular flexibility index (Phi) is 30.0. The first-order chi connectivity index (χ1) is 68.2. The van der Waals surface area contributed by atoms with Crippen LogP contribution in [0.2, 0.25) is 0 Å². The minimum absolute atomic E-state index is 0.0369. The van der Waals surface area contributed by atoms with E-state index in [1.165, 1.54) is 17.5 Å². The van der Waals surface area contributed by atoms with E-state index in [0.29, 0.717) is 158 Å². The van der Waals surface area contributed by atoms with Gasteiger partial charge in [-0.25, -0.2) is 0 Å². The maximum Gasteiger partial charge on any atom is 0.260 e. The number of ether oxygens (including phenoxy) is 4. The van der Waals surface area contributed by atoms with Crippen LogP contribution in [0.1, 0.15) is 241 Å². The minimum Gasteiger partial charge on any atom is -0.486 e. The molecule has 8 aliphatic rings. The van der Waals surface area contributed by atoms with Gasteiger partial charge in [-0.1, -0.05) is 52.8 Å². The summed E-state index contributed by atoms with van der Waals surface area (Å²) in [6.45, 7) is 32.1. The van der Waals surface area contributed by atoms with Crippen molar-refractivity contribution in [3.05, 3.63) is 284 Å². The number of hydrogen-bond donors (Lipinski definition) is 4. The number of nitrogens with one attached hydrogen (secondary N) is 4. The molecule has 0 radical (unpaired) electrons. The Balaban J connectivity index is 0.000000130. The predicted octanol–water partition coefficient (Wildman–Crippen LogP) is 17.4. The molecule has 738 valence electrons. The molecule has 4 fully saturated rings. The van der Waals surface area contributed by atoms with Crippen molar-refractivity contribution in [1.82, 2.24) is 80.9 Å². The van der Waals surface area contributed by atoms with Gasteiger partial charge < -0.3 is 78.7 Å². The third kappa shape index (κ3) is 22.6. The third-order valence-electron chi connectivity index (χ3n) is 28.6. The summed E-state index contributed by atoms with van der Waals surface area (Å²) in [6.07, 6.45) is 15.8. The van der Waals surface area contributed by atoms with Gasteiger partial charge in [0.25, 0.3) is 35.4 Å². The van der Waals surface area contributed by atoms with E-state index in [9.17, 15) is 38.4 Å². The third-order valence-corrected chi connectivity index (χ3v) is 29.4. The number of amides is 6. The summed E-state index contributed by atoms with van der Waals surface area (Å²) < 4.78 is 35.9. The Labute approximate surface area is 832 Å². The summed E-state index contributed by atoms with van der Waals surface area (Å²) in [4.78, 5) is 134. The molecule has 31 heteroatoms. The molecular formula is C111H124N16O14S. The van der Waals surface area contributed by atoms with Crippen molar-refractivity contribution in [2.45, 2.75) is 213 Å². The van der Waals surface area contributed by atoms with Crippen LogP contribution in [0.4, 0.5) is 0 Å².